The summed E-state index contributed by atoms with van der Waals surface area (Å²) in [6.07, 6.45) is 2.09. The SMILES string of the molecule is Cc1sc(-n2cccc2CNCc2ccc(OC(C)C)cc2)c(C(=O)O)c1C. The summed E-state index contributed by atoms with van der Waals surface area (Å²) in [5, 5.41) is 13.8. The van der Waals surface area contributed by atoms with Gasteiger partial charge < -0.3 is 19.7 Å². The number of ether oxygens (including phenoxy) is 1. The van der Waals surface area contributed by atoms with Crippen molar-refractivity contribution in [3.8, 4) is 10.8 Å². The van der Waals surface area contributed by atoms with Gasteiger partial charge in [-0.3, -0.25) is 0 Å². The Morgan fingerprint density at radius 3 is 2.54 bits per heavy atom. The first kappa shape index (κ1) is 20.2. The minimum Gasteiger partial charge on any atom is -0.491 e. The largest absolute Gasteiger partial charge is 0.491 e. The van der Waals surface area contributed by atoms with Crippen molar-refractivity contribution in [2.75, 3.05) is 0 Å². The number of hydrogen-bond donors (Lipinski definition) is 2. The summed E-state index contributed by atoms with van der Waals surface area (Å²) in [6, 6.07) is 12.0. The topological polar surface area (TPSA) is 63.5 Å². The Morgan fingerprint density at radius 1 is 1.18 bits per heavy atom. The second-order valence-corrected chi connectivity index (χ2v) is 8.26. The molecule has 0 saturated carbocycles. The van der Waals surface area contributed by atoms with Crippen molar-refractivity contribution in [1.29, 1.82) is 0 Å². The van der Waals surface area contributed by atoms with E-state index in [-0.39, 0.29) is 6.10 Å². The Hall–Kier alpha value is -2.57. The van der Waals surface area contributed by atoms with Crippen LogP contribution in [-0.2, 0) is 13.1 Å². The lowest BCUT2D eigenvalue weighted by atomic mass is 10.1. The molecule has 0 saturated heterocycles. The predicted molar refractivity (Wildman–Crippen MR) is 113 cm³/mol. The molecule has 0 fully saturated rings. The summed E-state index contributed by atoms with van der Waals surface area (Å²) in [5.41, 5.74) is 3.43. The van der Waals surface area contributed by atoms with E-state index >= 15 is 0 Å². The zero-order chi connectivity index (χ0) is 20.3. The molecule has 3 aromatic rings. The third kappa shape index (κ3) is 4.46. The third-order valence-corrected chi connectivity index (χ3v) is 5.77. The molecule has 0 amide bonds. The van der Waals surface area contributed by atoms with E-state index < -0.39 is 5.97 Å². The summed E-state index contributed by atoms with van der Waals surface area (Å²) in [4.78, 5) is 12.8. The molecular weight excluding hydrogens is 372 g/mol. The van der Waals surface area contributed by atoms with Crippen LogP contribution in [0, 0.1) is 13.8 Å². The summed E-state index contributed by atoms with van der Waals surface area (Å²) >= 11 is 1.52. The normalized spacial score (nSPS) is 11.2. The minimum absolute atomic E-state index is 0.164. The molecule has 28 heavy (non-hydrogen) atoms. The Labute approximate surface area is 169 Å². The average molecular weight is 399 g/mol. The van der Waals surface area contributed by atoms with E-state index in [1.165, 1.54) is 16.9 Å². The van der Waals surface area contributed by atoms with E-state index in [4.69, 9.17) is 4.74 Å². The number of carboxylic acids is 1. The van der Waals surface area contributed by atoms with E-state index in [0.717, 1.165) is 33.4 Å². The Bertz CT molecular complexity index is 955. The lowest BCUT2D eigenvalue weighted by Gasteiger charge is -2.12. The van der Waals surface area contributed by atoms with Crippen molar-refractivity contribution in [2.24, 2.45) is 0 Å². The van der Waals surface area contributed by atoms with E-state index in [9.17, 15) is 9.90 Å². The van der Waals surface area contributed by atoms with E-state index in [0.29, 0.717) is 12.1 Å². The summed E-state index contributed by atoms with van der Waals surface area (Å²) in [7, 11) is 0. The quantitative estimate of drug-likeness (QED) is 0.565. The maximum absolute atomic E-state index is 11.7. The van der Waals surface area contributed by atoms with E-state index in [2.05, 4.69) is 17.4 Å². The van der Waals surface area contributed by atoms with Crippen molar-refractivity contribution in [1.82, 2.24) is 9.88 Å². The fourth-order valence-electron chi connectivity index (χ4n) is 3.08. The Kier molecular flexibility index (Phi) is 6.21. The lowest BCUT2D eigenvalue weighted by Crippen LogP contribution is -2.15. The average Bonchev–Trinajstić information content (AvgIpc) is 3.20. The molecule has 0 aliphatic heterocycles. The molecule has 148 valence electrons. The van der Waals surface area contributed by atoms with Crippen molar-refractivity contribution >= 4 is 17.3 Å². The number of thiophene rings is 1. The van der Waals surface area contributed by atoms with Gasteiger partial charge in [-0.1, -0.05) is 12.1 Å². The van der Waals surface area contributed by atoms with Crippen LogP contribution >= 0.6 is 11.3 Å². The first-order valence-electron chi connectivity index (χ1n) is 9.33. The number of aromatic nitrogens is 1. The number of nitrogens with zero attached hydrogens (tertiary/aromatic N) is 1. The highest BCUT2D eigenvalue weighted by atomic mass is 32.1. The van der Waals surface area contributed by atoms with Crippen molar-refractivity contribution in [2.45, 2.75) is 46.9 Å². The second-order valence-electron chi connectivity index (χ2n) is 7.05. The molecular formula is C22H26N2O3S. The van der Waals surface area contributed by atoms with Gasteiger partial charge in [0.05, 0.1) is 11.7 Å². The molecule has 0 aliphatic rings. The van der Waals surface area contributed by atoms with Crippen LogP contribution in [-0.4, -0.2) is 21.7 Å². The standard InChI is InChI=1S/C22H26N2O3S/c1-14(2)27-19-9-7-17(8-10-19)12-23-13-18-6-5-11-24(18)21-20(22(25)26)15(3)16(4)28-21/h5-11,14,23H,12-13H2,1-4H3,(H,25,26). The van der Waals surface area contributed by atoms with Gasteiger partial charge in [0, 0.05) is 29.9 Å². The van der Waals surface area contributed by atoms with E-state index in [1.54, 1.807) is 0 Å². The molecule has 6 heteroatoms. The zero-order valence-electron chi connectivity index (χ0n) is 16.7. The fraction of sp³-hybridized carbons (Fsp3) is 0.318. The first-order chi connectivity index (χ1) is 13.4. The van der Waals surface area contributed by atoms with Gasteiger partial charge in [-0.2, -0.15) is 0 Å². The van der Waals surface area contributed by atoms with Crippen LogP contribution in [0.3, 0.4) is 0 Å². The highest BCUT2D eigenvalue weighted by Gasteiger charge is 2.21. The maximum Gasteiger partial charge on any atom is 0.339 e. The lowest BCUT2D eigenvalue weighted by molar-refractivity contribution is 0.0696. The van der Waals surface area contributed by atoms with Crippen LogP contribution in [0.25, 0.3) is 5.00 Å². The van der Waals surface area contributed by atoms with Gasteiger partial charge in [-0.15, -0.1) is 11.3 Å². The molecule has 0 atom stereocenters. The summed E-state index contributed by atoms with van der Waals surface area (Å²) in [6.45, 7) is 9.22. The molecule has 0 unspecified atom stereocenters. The van der Waals surface area contributed by atoms with Gasteiger partial charge in [0.15, 0.2) is 0 Å². The number of carbonyl (C=O) groups is 1. The monoisotopic (exact) mass is 398 g/mol. The molecule has 0 bridgehead atoms. The number of nitrogens with one attached hydrogen (secondary N) is 1. The van der Waals surface area contributed by atoms with Crippen LogP contribution in [0.5, 0.6) is 5.75 Å². The minimum atomic E-state index is -0.881. The number of aryl methyl sites for hydroxylation is 1. The van der Waals surface area contributed by atoms with Crippen LogP contribution < -0.4 is 10.1 Å². The highest BCUT2D eigenvalue weighted by molar-refractivity contribution is 7.15. The zero-order valence-corrected chi connectivity index (χ0v) is 17.5. The van der Waals surface area contributed by atoms with Crippen LogP contribution in [0.15, 0.2) is 42.6 Å². The Balaban J connectivity index is 1.69. The smallest absolute Gasteiger partial charge is 0.339 e. The van der Waals surface area contributed by atoms with Crippen LogP contribution in [0.2, 0.25) is 0 Å². The van der Waals surface area contributed by atoms with Gasteiger partial charge in [-0.25, -0.2) is 4.79 Å². The molecule has 5 nitrogen and oxygen atoms in total. The predicted octanol–water partition coefficient (Wildman–Crippen LogP) is 4.93. The molecule has 1 aromatic carbocycles. The van der Waals surface area contributed by atoms with Gasteiger partial charge in [0.1, 0.15) is 10.8 Å². The maximum atomic E-state index is 11.7. The molecule has 0 spiro atoms. The molecule has 2 heterocycles. The summed E-state index contributed by atoms with van der Waals surface area (Å²) < 4.78 is 7.64. The molecule has 2 N–H and O–H groups in total. The molecule has 0 aliphatic carbocycles. The van der Waals surface area contributed by atoms with Gasteiger partial charge >= 0.3 is 5.97 Å². The molecule has 2 aromatic heterocycles. The van der Waals surface area contributed by atoms with Crippen molar-refractivity contribution in [3.05, 3.63) is 69.9 Å². The molecule has 0 radical (unpaired) electrons. The number of carboxylic acid groups (broad SMARTS) is 1. The fourth-order valence-corrected chi connectivity index (χ4v) is 4.25. The number of rotatable bonds is 8. The van der Waals surface area contributed by atoms with Gasteiger partial charge in [0.25, 0.3) is 0 Å². The highest BCUT2D eigenvalue weighted by Crippen LogP contribution is 2.32. The van der Waals surface area contributed by atoms with Gasteiger partial charge in [0.2, 0.25) is 0 Å². The van der Waals surface area contributed by atoms with Crippen LogP contribution in [0.1, 0.15) is 45.9 Å². The second kappa shape index (κ2) is 8.63. The Morgan fingerprint density at radius 2 is 1.89 bits per heavy atom. The number of aromatic carboxylic acids is 1. The third-order valence-electron chi connectivity index (χ3n) is 4.56. The van der Waals surface area contributed by atoms with Gasteiger partial charge in [-0.05, 0) is 63.1 Å². The van der Waals surface area contributed by atoms with Crippen LogP contribution in [0.4, 0.5) is 0 Å². The number of benzene rings is 1. The van der Waals surface area contributed by atoms with Crippen molar-refractivity contribution < 1.29 is 14.6 Å². The van der Waals surface area contributed by atoms with Crippen molar-refractivity contribution in [3.63, 3.8) is 0 Å². The number of hydrogen-bond acceptors (Lipinski definition) is 4. The summed E-state index contributed by atoms with van der Waals surface area (Å²) in [5.74, 6) is -0.00886. The van der Waals surface area contributed by atoms with E-state index in [1.807, 2.05) is 62.7 Å². The molecule has 3 rings (SSSR count). The first-order valence-corrected chi connectivity index (χ1v) is 10.1.